The van der Waals surface area contributed by atoms with Crippen LogP contribution in [0.15, 0.2) is 29.2 Å². The fraction of sp³-hybridized carbons (Fsp3) is 0.0833. The van der Waals surface area contributed by atoms with Gasteiger partial charge in [0.2, 0.25) is 0 Å². The Hall–Kier alpha value is -1.70. The fourth-order valence-electron chi connectivity index (χ4n) is 1.61. The number of dihydropyridines is 1. The number of allylic oxidation sites excluding steroid dienone is 2. The zero-order valence-electron chi connectivity index (χ0n) is 10.1. The van der Waals surface area contributed by atoms with Crippen molar-refractivity contribution in [1.29, 1.82) is 0 Å². The number of amides is 1. The number of nitrogens with one attached hydrogen (secondary N) is 2. The van der Waals surface area contributed by atoms with Crippen LogP contribution in [0, 0.1) is 0 Å². The van der Waals surface area contributed by atoms with Crippen molar-refractivity contribution in [1.82, 2.24) is 15.3 Å². The Kier molecular flexibility index (Phi) is 3.81. The van der Waals surface area contributed by atoms with E-state index in [1.165, 1.54) is 22.7 Å². The molecule has 2 N–H and O–H groups in total. The summed E-state index contributed by atoms with van der Waals surface area (Å²) < 4.78 is 0. The van der Waals surface area contributed by atoms with Gasteiger partial charge in [0, 0.05) is 17.5 Å². The number of hydrogen-bond donors (Lipinski definition) is 2. The molecular formula is C12H9ClN4OS2. The fourth-order valence-corrected chi connectivity index (χ4v) is 3.32. The second-order valence-electron chi connectivity index (χ2n) is 3.90. The summed E-state index contributed by atoms with van der Waals surface area (Å²) in [6.45, 7) is 0.694. The predicted octanol–water partition coefficient (Wildman–Crippen LogP) is 3.01. The molecule has 5 nitrogen and oxygen atoms in total. The Labute approximate surface area is 128 Å². The van der Waals surface area contributed by atoms with E-state index in [0.717, 1.165) is 10.6 Å². The minimum absolute atomic E-state index is 0.279. The van der Waals surface area contributed by atoms with Crippen LogP contribution in [0.3, 0.4) is 0 Å². The van der Waals surface area contributed by atoms with Crippen molar-refractivity contribution in [2.45, 2.75) is 0 Å². The Balaban J connectivity index is 1.81. The maximum absolute atomic E-state index is 11.9. The van der Waals surface area contributed by atoms with Gasteiger partial charge in [-0.1, -0.05) is 29.0 Å². The summed E-state index contributed by atoms with van der Waals surface area (Å²) in [5.74, 6) is -0.279. The summed E-state index contributed by atoms with van der Waals surface area (Å²) >= 11 is 8.79. The molecule has 102 valence electrons. The molecule has 0 unspecified atom stereocenters. The number of aromatic nitrogens is 2. The van der Waals surface area contributed by atoms with Gasteiger partial charge in [0.25, 0.3) is 5.91 Å². The summed E-state index contributed by atoms with van der Waals surface area (Å²) in [5.41, 5.74) is 3.02. The summed E-state index contributed by atoms with van der Waals surface area (Å²) in [7, 11) is 0. The van der Waals surface area contributed by atoms with Crippen LogP contribution in [-0.2, 0) is 0 Å². The molecule has 0 atom stereocenters. The molecule has 0 fully saturated rings. The lowest BCUT2D eigenvalue weighted by Crippen LogP contribution is -2.11. The zero-order valence-corrected chi connectivity index (χ0v) is 12.5. The number of hydrogen-bond acceptors (Lipinski definition) is 6. The van der Waals surface area contributed by atoms with E-state index in [0.29, 0.717) is 22.4 Å². The minimum atomic E-state index is -0.279. The van der Waals surface area contributed by atoms with Crippen LogP contribution < -0.4 is 10.6 Å². The number of carbonyl (C=O) groups is 1. The van der Waals surface area contributed by atoms with E-state index in [2.05, 4.69) is 20.6 Å². The Morgan fingerprint density at radius 3 is 3.10 bits per heavy atom. The molecule has 0 bridgehead atoms. The highest BCUT2D eigenvalue weighted by atomic mass is 35.5. The molecule has 2 aromatic heterocycles. The van der Waals surface area contributed by atoms with Gasteiger partial charge in [-0.25, -0.2) is 9.97 Å². The quantitative estimate of drug-likeness (QED) is 0.910. The van der Waals surface area contributed by atoms with Crippen molar-refractivity contribution in [2.75, 3.05) is 11.9 Å². The standard InChI is InChI=1S/C12H9ClN4OS2/c13-9-12(17-10(18)8-5-19-6-15-8)20-11(16-9)7-2-1-3-14-4-7/h1-3,5-6,14H,4H2,(H,17,18). The molecule has 0 saturated heterocycles. The Morgan fingerprint density at radius 2 is 2.40 bits per heavy atom. The second kappa shape index (κ2) is 5.74. The number of anilines is 1. The predicted molar refractivity (Wildman–Crippen MR) is 82.3 cm³/mol. The number of nitrogens with zero attached hydrogens (tertiary/aromatic N) is 2. The van der Waals surface area contributed by atoms with Gasteiger partial charge in [-0.2, -0.15) is 0 Å². The second-order valence-corrected chi connectivity index (χ2v) is 5.97. The van der Waals surface area contributed by atoms with Crippen molar-refractivity contribution in [3.63, 3.8) is 0 Å². The molecule has 8 heteroatoms. The van der Waals surface area contributed by atoms with Crippen molar-refractivity contribution >= 4 is 50.8 Å². The summed E-state index contributed by atoms with van der Waals surface area (Å²) in [5, 5.41) is 9.15. The SMILES string of the molecule is O=C(Nc1sc(C2=CC=CNC2)nc1Cl)c1cscn1. The Morgan fingerprint density at radius 1 is 1.50 bits per heavy atom. The Bertz CT molecular complexity index is 690. The van der Waals surface area contributed by atoms with E-state index in [1.54, 1.807) is 10.9 Å². The third kappa shape index (κ3) is 2.74. The first-order chi connectivity index (χ1) is 9.74. The topological polar surface area (TPSA) is 66.9 Å². The van der Waals surface area contributed by atoms with Crippen molar-refractivity contribution in [3.05, 3.63) is 45.1 Å². The van der Waals surface area contributed by atoms with Gasteiger partial charge in [-0.3, -0.25) is 4.79 Å². The smallest absolute Gasteiger partial charge is 0.275 e. The number of thiazole rings is 2. The summed E-state index contributed by atoms with van der Waals surface area (Å²) in [6.07, 6.45) is 5.74. The summed E-state index contributed by atoms with van der Waals surface area (Å²) in [6, 6.07) is 0. The number of rotatable bonds is 3. The van der Waals surface area contributed by atoms with E-state index in [4.69, 9.17) is 11.6 Å². The van der Waals surface area contributed by atoms with Gasteiger partial charge in [0.1, 0.15) is 15.7 Å². The third-order valence-electron chi connectivity index (χ3n) is 2.56. The lowest BCUT2D eigenvalue weighted by molar-refractivity contribution is 0.102. The molecule has 20 heavy (non-hydrogen) atoms. The van der Waals surface area contributed by atoms with Crippen LogP contribution in [0.4, 0.5) is 5.00 Å². The highest BCUT2D eigenvalue weighted by Crippen LogP contribution is 2.33. The van der Waals surface area contributed by atoms with Gasteiger partial charge < -0.3 is 10.6 Å². The molecule has 0 saturated carbocycles. The molecule has 0 spiro atoms. The van der Waals surface area contributed by atoms with Crippen LogP contribution in [0.25, 0.3) is 5.57 Å². The molecule has 1 amide bonds. The maximum Gasteiger partial charge on any atom is 0.275 e. The van der Waals surface area contributed by atoms with Gasteiger partial charge in [0.15, 0.2) is 5.15 Å². The van der Waals surface area contributed by atoms with E-state index >= 15 is 0 Å². The maximum atomic E-state index is 11.9. The third-order valence-corrected chi connectivity index (χ3v) is 4.57. The first-order valence-electron chi connectivity index (χ1n) is 5.69. The largest absolute Gasteiger partial charge is 0.387 e. The van der Waals surface area contributed by atoms with Gasteiger partial charge in [-0.15, -0.1) is 11.3 Å². The zero-order chi connectivity index (χ0) is 13.9. The highest BCUT2D eigenvalue weighted by Gasteiger charge is 2.16. The first kappa shape index (κ1) is 13.3. The van der Waals surface area contributed by atoms with Crippen LogP contribution in [0.5, 0.6) is 0 Å². The molecule has 2 aromatic rings. The van der Waals surface area contributed by atoms with Crippen LogP contribution in [0.1, 0.15) is 15.5 Å². The molecule has 3 heterocycles. The van der Waals surface area contributed by atoms with E-state index in [1.807, 2.05) is 18.4 Å². The molecule has 0 aliphatic carbocycles. The molecule has 1 aliphatic rings. The van der Waals surface area contributed by atoms with Gasteiger partial charge >= 0.3 is 0 Å². The molecule has 0 radical (unpaired) electrons. The lowest BCUT2D eigenvalue weighted by atomic mass is 10.2. The van der Waals surface area contributed by atoms with Gasteiger partial charge in [0.05, 0.1) is 5.51 Å². The molecular weight excluding hydrogens is 316 g/mol. The van der Waals surface area contributed by atoms with Crippen LogP contribution >= 0.6 is 34.3 Å². The van der Waals surface area contributed by atoms with Crippen molar-refractivity contribution in [3.8, 4) is 0 Å². The van der Waals surface area contributed by atoms with Crippen molar-refractivity contribution < 1.29 is 4.79 Å². The van der Waals surface area contributed by atoms with E-state index < -0.39 is 0 Å². The highest BCUT2D eigenvalue weighted by molar-refractivity contribution is 7.17. The molecule has 1 aliphatic heterocycles. The molecule has 3 rings (SSSR count). The first-order valence-corrected chi connectivity index (χ1v) is 7.83. The van der Waals surface area contributed by atoms with Gasteiger partial charge in [-0.05, 0) is 12.3 Å². The average Bonchev–Trinajstić information content (AvgIpc) is 3.10. The van der Waals surface area contributed by atoms with E-state index in [-0.39, 0.29) is 5.91 Å². The van der Waals surface area contributed by atoms with Crippen LogP contribution in [0.2, 0.25) is 5.15 Å². The normalized spacial score (nSPS) is 13.8. The number of carbonyl (C=O) groups excluding carboxylic acids is 1. The van der Waals surface area contributed by atoms with Crippen molar-refractivity contribution in [2.24, 2.45) is 0 Å². The minimum Gasteiger partial charge on any atom is -0.387 e. The lowest BCUT2D eigenvalue weighted by Gasteiger charge is -2.06. The van der Waals surface area contributed by atoms with Crippen LogP contribution in [-0.4, -0.2) is 22.4 Å². The monoisotopic (exact) mass is 324 g/mol. The average molecular weight is 325 g/mol. The van der Waals surface area contributed by atoms with E-state index in [9.17, 15) is 4.79 Å². The molecule has 0 aromatic carbocycles. The summed E-state index contributed by atoms with van der Waals surface area (Å²) in [4.78, 5) is 20.2. The number of halogens is 1.